The summed E-state index contributed by atoms with van der Waals surface area (Å²) in [5, 5.41) is 0. The first-order chi connectivity index (χ1) is 8.91. The Morgan fingerprint density at radius 1 is 1.42 bits per heavy atom. The van der Waals surface area contributed by atoms with E-state index in [0.29, 0.717) is 24.5 Å². The molecule has 1 unspecified atom stereocenters. The number of hydrogen-bond donors (Lipinski definition) is 0. The Morgan fingerprint density at radius 2 is 2.16 bits per heavy atom. The van der Waals surface area contributed by atoms with E-state index in [0.717, 1.165) is 13.0 Å². The topological polar surface area (TPSA) is 49.9 Å². The van der Waals surface area contributed by atoms with Crippen molar-refractivity contribution in [2.75, 3.05) is 33.3 Å². The quantitative estimate of drug-likeness (QED) is 0.713. The SMILES string of the molecule is COC(=O)CN1CCN(C2CCC(C)(C)C2)CC1=O. The number of methoxy groups -OCH3 is 1. The molecular formula is C14H24N2O3. The molecule has 19 heavy (non-hydrogen) atoms. The summed E-state index contributed by atoms with van der Waals surface area (Å²) in [6.45, 7) is 6.61. The normalized spacial score (nSPS) is 27.6. The van der Waals surface area contributed by atoms with Crippen molar-refractivity contribution in [3.8, 4) is 0 Å². The van der Waals surface area contributed by atoms with Gasteiger partial charge in [0.1, 0.15) is 6.54 Å². The lowest BCUT2D eigenvalue weighted by molar-refractivity contribution is -0.149. The van der Waals surface area contributed by atoms with E-state index in [2.05, 4.69) is 23.5 Å². The molecule has 1 saturated carbocycles. The van der Waals surface area contributed by atoms with Gasteiger partial charge >= 0.3 is 5.97 Å². The van der Waals surface area contributed by atoms with Crippen LogP contribution in [-0.4, -0.2) is 61.0 Å². The molecule has 1 amide bonds. The van der Waals surface area contributed by atoms with Gasteiger partial charge in [0.2, 0.25) is 5.91 Å². The number of carbonyl (C=O) groups is 2. The number of nitrogens with zero attached hydrogens (tertiary/aromatic N) is 2. The number of piperazine rings is 1. The van der Waals surface area contributed by atoms with E-state index >= 15 is 0 Å². The van der Waals surface area contributed by atoms with E-state index in [4.69, 9.17) is 0 Å². The van der Waals surface area contributed by atoms with Gasteiger partial charge in [-0.3, -0.25) is 14.5 Å². The van der Waals surface area contributed by atoms with Gasteiger partial charge in [0.25, 0.3) is 0 Å². The maximum atomic E-state index is 12.1. The third kappa shape index (κ3) is 3.47. The van der Waals surface area contributed by atoms with Gasteiger partial charge in [-0.05, 0) is 24.7 Å². The van der Waals surface area contributed by atoms with Crippen molar-refractivity contribution in [2.24, 2.45) is 5.41 Å². The van der Waals surface area contributed by atoms with Crippen molar-refractivity contribution in [1.82, 2.24) is 9.80 Å². The summed E-state index contributed by atoms with van der Waals surface area (Å²) in [7, 11) is 1.35. The highest BCUT2D eigenvalue weighted by Gasteiger charge is 2.37. The summed E-state index contributed by atoms with van der Waals surface area (Å²) in [6, 6.07) is 0.527. The molecule has 0 aromatic rings. The molecule has 0 aromatic heterocycles. The molecule has 1 aliphatic heterocycles. The summed E-state index contributed by atoms with van der Waals surface area (Å²) in [5.41, 5.74) is 0.400. The van der Waals surface area contributed by atoms with Crippen LogP contribution in [0.25, 0.3) is 0 Å². The lowest BCUT2D eigenvalue weighted by Gasteiger charge is -2.37. The van der Waals surface area contributed by atoms with E-state index in [1.54, 1.807) is 4.90 Å². The predicted octanol–water partition coefficient (Wildman–Crippen LogP) is 0.882. The Hall–Kier alpha value is -1.10. The van der Waals surface area contributed by atoms with Crippen LogP contribution in [-0.2, 0) is 14.3 Å². The van der Waals surface area contributed by atoms with E-state index in [-0.39, 0.29) is 18.4 Å². The second-order valence-electron chi connectivity index (χ2n) is 6.42. The number of carbonyl (C=O) groups excluding carboxylic acids is 2. The Bertz CT molecular complexity index is 368. The molecule has 1 atom stereocenters. The minimum Gasteiger partial charge on any atom is -0.468 e. The first-order valence-electron chi connectivity index (χ1n) is 7.00. The molecule has 0 N–H and O–H groups in total. The smallest absolute Gasteiger partial charge is 0.325 e. The lowest BCUT2D eigenvalue weighted by Crippen LogP contribution is -2.54. The fraction of sp³-hybridized carbons (Fsp3) is 0.857. The summed E-state index contributed by atoms with van der Waals surface area (Å²) >= 11 is 0. The van der Waals surface area contributed by atoms with Crippen LogP contribution in [0, 0.1) is 5.41 Å². The van der Waals surface area contributed by atoms with Gasteiger partial charge in [0.05, 0.1) is 13.7 Å². The van der Waals surface area contributed by atoms with Crippen molar-refractivity contribution in [1.29, 1.82) is 0 Å². The first kappa shape index (κ1) is 14.3. The summed E-state index contributed by atoms with van der Waals surface area (Å²) in [5.74, 6) is -0.301. The standard InChI is InChI=1S/C14H24N2O3/c1-14(2)5-4-11(8-14)15-6-7-16(12(17)9-15)10-13(18)19-3/h11H,4-10H2,1-3H3. The highest BCUT2D eigenvalue weighted by molar-refractivity contribution is 5.83. The van der Waals surface area contributed by atoms with Crippen molar-refractivity contribution < 1.29 is 14.3 Å². The highest BCUT2D eigenvalue weighted by atomic mass is 16.5. The average molecular weight is 268 g/mol. The number of amides is 1. The average Bonchev–Trinajstić information content (AvgIpc) is 2.72. The molecule has 1 heterocycles. The molecule has 2 rings (SSSR count). The minimum atomic E-state index is -0.344. The molecule has 5 heteroatoms. The van der Waals surface area contributed by atoms with E-state index in [1.807, 2.05) is 0 Å². The zero-order valence-corrected chi connectivity index (χ0v) is 12.1. The van der Waals surface area contributed by atoms with Crippen LogP contribution in [0.2, 0.25) is 0 Å². The molecule has 2 fully saturated rings. The maximum absolute atomic E-state index is 12.1. The molecule has 0 bridgehead atoms. The van der Waals surface area contributed by atoms with Gasteiger partial charge in [0.15, 0.2) is 0 Å². The fourth-order valence-electron chi connectivity index (χ4n) is 3.14. The molecule has 0 aromatic carbocycles. The van der Waals surface area contributed by atoms with Gasteiger partial charge in [-0.15, -0.1) is 0 Å². The van der Waals surface area contributed by atoms with Crippen LogP contribution >= 0.6 is 0 Å². The third-order valence-electron chi connectivity index (χ3n) is 4.35. The van der Waals surface area contributed by atoms with Gasteiger partial charge < -0.3 is 9.64 Å². The Balaban J connectivity index is 1.86. The van der Waals surface area contributed by atoms with Gasteiger partial charge in [-0.25, -0.2) is 0 Å². The molecule has 0 spiro atoms. The molecule has 0 radical (unpaired) electrons. The van der Waals surface area contributed by atoms with Crippen molar-refractivity contribution in [3.63, 3.8) is 0 Å². The number of ether oxygens (including phenoxy) is 1. The number of esters is 1. The first-order valence-corrected chi connectivity index (χ1v) is 7.00. The number of hydrogen-bond acceptors (Lipinski definition) is 4. The van der Waals surface area contributed by atoms with E-state index in [9.17, 15) is 9.59 Å². The molecule has 5 nitrogen and oxygen atoms in total. The molecule has 1 saturated heterocycles. The van der Waals surface area contributed by atoms with Gasteiger partial charge in [0, 0.05) is 19.1 Å². The maximum Gasteiger partial charge on any atom is 0.325 e. The zero-order valence-electron chi connectivity index (χ0n) is 12.1. The summed E-state index contributed by atoms with van der Waals surface area (Å²) < 4.78 is 4.61. The van der Waals surface area contributed by atoms with E-state index in [1.165, 1.54) is 20.0 Å². The Kier molecular flexibility index (Phi) is 4.13. The van der Waals surface area contributed by atoms with Crippen molar-refractivity contribution in [2.45, 2.75) is 39.2 Å². The van der Waals surface area contributed by atoms with Crippen LogP contribution in [0.5, 0.6) is 0 Å². The fourth-order valence-corrected chi connectivity index (χ4v) is 3.14. The van der Waals surface area contributed by atoms with Crippen LogP contribution in [0.1, 0.15) is 33.1 Å². The second kappa shape index (κ2) is 5.49. The second-order valence-corrected chi connectivity index (χ2v) is 6.42. The zero-order chi connectivity index (χ0) is 14.0. The molecule has 1 aliphatic carbocycles. The minimum absolute atomic E-state index is 0.0429. The predicted molar refractivity (Wildman–Crippen MR) is 71.6 cm³/mol. The van der Waals surface area contributed by atoms with Crippen LogP contribution in [0.3, 0.4) is 0 Å². The summed E-state index contributed by atoms with van der Waals surface area (Å²) in [6.07, 6.45) is 3.57. The largest absolute Gasteiger partial charge is 0.468 e. The van der Waals surface area contributed by atoms with Crippen LogP contribution in [0.15, 0.2) is 0 Å². The Morgan fingerprint density at radius 3 is 2.68 bits per heavy atom. The van der Waals surface area contributed by atoms with Crippen molar-refractivity contribution >= 4 is 11.9 Å². The Labute approximate surface area is 114 Å². The van der Waals surface area contributed by atoms with Crippen molar-refractivity contribution in [3.05, 3.63) is 0 Å². The van der Waals surface area contributed by atoms with Gasteiger partial charge in [-0.1, -0.05) is 13.8 Å². The highest BCUT2D eigenvalue weighted by Crippen LogP contribution is 2.39. The lowest BCUT2D eigenvalue weighted by atomic mass is 9.91. The molecule has 2 aliphatic rings. The number of rotatable bonds is 3. The monoisotopic (exact) mass is 268 g/mol. The third-order valence-corrected chi connectivity index (χ3v) is 4.35. The molecule has 108 valence electrons. The van der Waals surface area contributed by atoms with Gasteiger partial charge in [-0.2, -0.15) is 0 Å². The summed E-state index contributed by atoms with van der Waals surface area (Å²) in [4.78, 5) is 27.2. The van der Waals surface area contributed by atoms with Crippen LogP contribution < -0.4 is 0 Å². The molecular weight excluding hydrogens is 244 g/mol. The van der Waals surface area contributed by atoms with Crippen LogP contribution in [0.4, 0.5) is 0 Å². The van der Waals surface area contributed by atoms with E-state index < -0.39 is 0 Å².